The van der Waals surface area contributed by atoms with Crippen LogP contribution in [0.4, 0.5) is 0 Å². The van der Waals surface area contributed by atoms with Gasteiger partial charge in [0.25, 0.3) is 0 Å². The van der Waals surface area contributed by atoms with E-state index >= 15 is 0 Å². The van der Waals surface area contributed by atoms with Gasteiger partial charge in [0.2, 0.25) is 0 Å². The van der Waals surface area contributed by atoms with E-state index in [4.69, 9.17) is 28.4 Å². The molecule has 2 rings (SSSR count). The lowest BCUT2D eigenvalue weighted by molar-refractivity contribution is -0.332. The number of ether oxygens (including phenoxy) is 6. The number of carbonyl (C=O) groups excluding carboxylic acids is 1. The normalized spacial score (nSPS) is 25.0. The summed E-state index contributed by atoms with van der Waals surface area (Å²) in [6.45, 7) is 3.77. The van der Waals surface area contributed by atoms with Crippen molar-refractivity contribution >= 4 is 5.97 Å². The van der Waals surface area contributed by atoms with Crippen LogP contribution in [0.15, 0.2) is 0 Å². The largest absolute Gasteiger partial charge is 0.457 e. The summed E-state index contributed by atoms with van der Waals surface area (Å²) in [5, 5.41) is 72.4. The second-order valence-electron chi connectivity index (χ2n) is 21.5. The number of unbranched alkanes of at least 4 members (excludes halogenated alkanes) is 36. The average Bonchev–Trinajstić information content (AvgIpc) is 3.38. The van der Waals surface area contributed by atoms with Crippen molar-refractivity contribution in [3.63, 3.8) is 0 Å². The minimum Gasteiger partial charge on any atom is -0.457 e. The maximum atomic E-state index is 13.1. The van der Waals surface area contributed by atoms with Crippen LogP contribution in [0.1, 0.15) is 264 Å². The molecule has 2 aliphatic heterocycles. The Bertz CT molecular complexity index is 1200. The van der Waals surface area contributed by atoms with Crippen LogP contribution in [-0.4, -0.2) is 142 Å². The Hall–Kier alpha value is -1.01. The predicted molar refractivity (Wildman–Crippen MR) is 284 cm³/mol. The number of carbonyl (C=O) groups is 1. The van der Waals surface area contributed by atoms with Crippen LogP contribution in [0.25, 0.3) is 0 Å². The van der Waals surface area contributed by atoms with Crippen molar-refractivity contribution in [3.05, 3.63) is 0 Å². The van der Waals surface area contributed by atoms with E-state index in [9.17, 15) is 40.5 Å². The SMILES string of the molecule is CCCCCCCCCCCCCCCCCCCCCCCC(=O)OC(COCCCCCCCCCCCCCCCCCCC)COC1OC(COC2OC(CO)C(O)C(O)C2O)C(O)C(O)C1O. The van der Waals surface area contributed by atoms with E-state index in [0.29, 0.717) is 6.61 Å². The molecule has 2 aliphatic rings. The number of esters is 1. The van der Waals surface area contributed by atoms with Crippen molar-refractivity contribution in [2.24, 2.45) is 0 Å². The fourth-order valence-electron chi connectivity index (χ4n) is 9.99. The Kier molecular flexibility index (Phi) is 43.0. The lowest BCUT2D eigenvalue weighted by atomic mass is 9.98. The molecule has 0 bridgehead atoms. The molecule has 11 unspecified atom stereocenters. The molecule has 428 valence electrons. The summed E-state index contributed by atoms with van der Waals surface area (Å²) < 4.78 is 34.4. The van der Waals surface area contributed by atoms with Crippen molar-refractivity contribution < 1.29 is 69.0 Å². The van der Waals surface area contributed by atoms with Gasteiger partial charge < -0.3 is 64.2 Å². The maximum Gasteiger partial charge on any atom is 0.306 e. The molecule has 0 spiro atoms. The Morgan fingerprint density at radius 1 is 0.403 bits per heavy atom. The summed E-state index contributed by atoms with van der Waals surface area (Å²) in [5.74, 6) is -0.366. The highest BCUT2D eigenvalue weighted by Crippen LogP contribution is 2.27. The Labute approximate surface area is 438 Å². The van der Waals surface area contributed by atoms with E-state index in [2.05, 4.69) is 13.8 Å². The molecule has 0 aromatic heterocycles. The number of rotatable bonds is 50. The van der Waals surface area contributed by atoms with Crippen molar-refractivity contribution in [3.8, 4) is 0 Å². The standard InChI is InChI=1S/C58H112O14/c1-3-5-7-9-11-13-15-17-19-21-22-23-24-25-27-29-31-33-35-37-39-41-50(60)70-47(44-67-42-40-38-36-34-32-30-28-26-20-18-16-14-12-10-8-6-4-2)45-68-57-56(66)54(64)52(62)49(72-57)46-69-58-55(65)53(63)51(61)48(43-59)71-58/h47-49,51-59,61-66H,3-46H2,1-2H3. The zero-order chi connectivity index (χ0) is 52.3. The molecule has 7 N–H and O–H groups in total. The zero-order valence-electron chi connectivity index (χ0n) is 46.0. The highest BCUT2D eigenvalue weighted by Gasteiger charge is 2.47. The highest BCUT2D eigenvalue weighted by molar-refractivity contribution is 5.69. The lowest BCUT2D eigenvalue weighted by Crippen LogP contribution is -2.61. The van der Waals surface area contributed by atoms with Crippen molar-refractivity contribution in [2.75, 3.05) is 33.0 Å². The third-order valence-electron chi connectivity index (χ3n) is 14.9. The molecular weight excluding hydrogens is 921 g/mol. The average molecular weight is 1030 g/mol. The van der Waals surface area contributed by atoms with Gasteiger partial charge in [-0.1, -0.05) is 245 Å². The van der Waals surface area contributed by atoms with E-state index in [1.807, 2.05) is 0 Å². The lowest BCUT2D eigenvalue weighted by Gasteiger charge is -2.42. The van der Waals surface area contributed by atoms with Gasteiger partial charge in [0, 0.05) is 13.0 Å². The van der Waals surface area contributed by atoms with Crippen LogP contribution < -0.4 is 0 Å². The monoisotopic (exact) mass is 1030 g/mol. The zero-order valence-corrected chi connectivity index (χ0v) is 46.0. The molecule has 2 fully saturated rings. The minimum absolute atomic E-state index is 0.0710. The summed E-state index contributed by atoms with van der Waals surface area (Å²) in [6, 6.07) is 0. The molecule has 11 atom stereocenters. The third kappa shape index (κ3) is 32.5. The van der Waals surface area contributed by atoms with E-state index in [-0.39, 0.29) is 25.6 Å². The summed E-state index contributed by atoms with van der Waals surface area (Å²) in [6.07, 6.45) is 33.1. The van der Waals surface area contributed by atoms with Gasteiger partial charge in [0.1, 0.15) is 54.9 Å². The first kappa shape index (κ1) is 67.1. The molecule has 0 aromatic rings. The first-order valence-corrected chi connectivity index (χ1v) is 30.1. The van der Waals surface area contributed by atoms with Crippen LogP contribution in [0.5, 0.6) is 0 Å². The fraction of sp³-hybridized carbons (Fsp3) is 0.983. The van der Waals surface area contributed by atoms with Crippen molar-refractivity contribution in [2.45, 2.75) is 332 Å². The van der Waals surface area contributed by atoms with Crippen LogP contribution >= 0.6 is 0 Å². The Morgan fingerprint density at radius 2 is 0.736 bits per heavy atom. The summed E-state index contributed by atoms with van der Waals surface area (Å²) in [4.78, 5) is 13.1. The Balaban J connectivity index is 1.69. The van der Waals surface area contributed by atoms with Gasteiger partial charge in [-0.2, -0.15) is 0 Å². The van der Waals surface area contributed by atoms with E-state index in [1.54, 1.807) is 0 Å². The number of aliphatic hydroxyl groups excluding tert-OH is 7. The summed E-state index contributed by atoms with van der Waals surface area (Å²) in [5.41, 5.74) is 0. The molecule has 14 nitrogen and oxygen atoms in total. The van der Waals surface area contributed by atoms with E-state index in [1.165, 1.54) is 199 Å². The number of aliphatic hydroxyl groups is 7. The van der Waals surface area contributed by atoms with Crippen LogP contribution in [0.2, 0.25) is 0 Å². The van der Waals surface area contributed by atoms with Crippen molar-refractivity contribution in [1.29, 1.82) is 0 Å². The van der Waals surface area contributed by atoms with Crippen LogP contribution in [0.3, 0.4) is 0 Å². The second kappa shape index (κ2) is 46.1. The summed E-state index contributed by atoms with van der Waals surface area (Å²) >= 11 is 0. The molecule has 0 aliphatic carbocycles. The molecule has 0 amide bonds. The van der Waals surface area contributed by atoms with Crippen LogP contribution in [0, 0.1) is 0 Å². The van der Waals surface area contributed by atoms with Gasteiger partial charge >= 0.3 is 5.97 Å². The molecular formula is C58H112O14. The molecule has 2 heterocycles. The first-order chi connectivity index (χ1) is 35.1. The Morgan fingerprint density at radius 3 is 1.12 bits per heavy atom. The van der Waals surface area contributed by atoms with Crippen LogP contribution in [-0.2, 0) is 33.2 Å². The molecule has 0 aromatic carbocycles. The molecule has 0 radical (unpaired) electrons. The third-order valence-corrected chi connectivity index (χ3v) is 14.9. The van der Waals surface area contributed by atoms with Gasteiger partial charge in [0.05, 0.1) is 26.4 Å². The molecule has 0 saturated carbocycles. The first-order valence-electron chi connectivity index (χ1n) is 30.1. The van der Waals surface area contributed by atoms with E-state index in [0.717, 1.165) is 44.9 Å². The van der Waals surface area contributed by atoms with Gasteiger partial charge in [0.15, 0.2) is 12.6 Å². The quantitative estimate of drug-likeness (QED) is 0.0223. The van der Waals surface area contributed by atoms with Gasteiger partial charge in [-0.25, -0.2) is 0 Å². The maximum absolute atomic E-state index is 13.1. The smallest absolute Gasteiger partial charge is 0.306 e. The van der Waals surface area contributed by atoms with E-state index < -0.39 is 80.7 Å². The predicted octanol–water partition coefficient (Wildman–Crippen LogP) is 10.8. The molecule has 14 heteroatoms. The highest BCUT2D eigenvalue weighted by atomic mass is 16.7. The fourth-order valence-corrected chi connectivity index (χ4v) is 9.99. The minimum atomic E-state index is -1.70. The molecule has 2 saturated heterocycles. The number of hydrogen-bond donors (Lipinski definition) is 7. The summed E-state index contributed by atoms with van der Waals surface area (Å²) in [7, 11) is 0. The van der Waals surface area contributed by atoms with Gasteiger partial charge in [-0.3, -0.25) is 4.79 Å². The second-order valence-corrected chi connectivity index (χ2v) is 21.5. The van der Waals surface area contributed by atoms with Gasteiger partial charge in [-0.05, 0) is 12.8 Å². The molecule has 72 heavy (non-hydrogen) atoms. The topological polar surface area (TPSA) is 214 Å². The number of hydrogen-bond acceptors (Lipinski definition) is 14. The van der Waals surface area contributed by atoms with Crippen molar-refractivity contribution in [1.82, 2.24) is 0 Å². The van der Waals surface area contributed by atoms with Gasteiger partial charge in [-0.15, -0.1) is 0 Å².